The molecule has 0 radical (unpaired) electrons. The number of benzene rings is 2. The lowest BCUT2D eigenvalue weighted by atomic mass is 10.2. The second-order valence-electron chi connectivity index (χ2n) is 5.00. The van der Waals surface area contributed by atoms with Gasteiger partial charge in [-0.3, -0.25) is 0 Å². The van der Waals surface area contributed by atoms with Crippen LogP contribution in [-0.4, -0.2) is 35.6 Å². The van der Waals surface area contributed by atoms with Crippen molar-refractivity contribution in [3.05, 3.63) is 66.2 Å². The number of thioether (sulfide) groups is 2. The third-order valence-corrected chi connectivity index (χ3v) is 4.69. The summed E-state index contributed by atoms with van der Waals surface area (Å²) in [7, 11) is 4.02. The van der Waals surface area contributed by atoms with Gasteiger partial charge in [0.2, 0.25) is 0 Å². The molecule has 0 unspecified atom stereocenters. The molecule has 0 aliphatic carbocycles. The molecule has 0 atom stereocenters. The van der Waals surface area contributed by atoms with Crippen molar-refractivity contribution >= 4 is 63.5 Å². The summed E-state index contributed by atoms with van der Waals surface area (Å²) < 4.78 is 0. The van der Waals surface area contributed by atoms with E-state index in [0.29, 0.717) is 0 Å². The van der Waals surface area contributed by atoms with Gasteiger partial charge in [0.25, 0.3) is 0 Å². The van der Waals surface area contributed by atoms with Gasteiger partial charge in [0.1, 0.15) is 0 Å². The van der Waals surface area contributed by atoms with Crippen LogP contribution in [0.5, 0.6) is 0 Å². The predicted molar refractivity (Wildman–Crippen MR) is 121 cm³/mol. The summed E-state index contributed by atoms with van der Waals surface area (Å²) >= 11 is 3.27. The molecule has 0 heterocycles. The number of nitrogens with zero attached hydrogens (tertiary/aromatic N) is 3. The molecule has 0 saturated carbocycles. The van der Waals surface area contributed by atoms with Gasteiger partial charge in [0.05, 0.1) is 5.69 Å². The minimum absolute atomic E-state index is 0. The Morgan fingerprint density at radius 1 is 0.958 bits per heavy atom. The van der Waals surface area contributed by atoms with E-state index in [2.05, 4.69) is 29.3 Å². The molecular weight excluding hydrogens is 449 g/mol. The van der Waals surface area contributed by atoms with E-state index in [4.69, 9.17) is 4.99 Å². The zero-order chi connectivity index (χ0) is 16.5. The van der Waals surface area contributed by atoms with E-state index in [0.717, 1.165) is 21.8 Å². The first kappa shape index (κ1) is 21.1. The topological polar surface area (TPSA) is 28.0 Å². The maximum absolute atomic E-state index is 4.72. The third kappa shape index (κ3) is 7.27. The first-order chi connectivity index (χ1) is 11.2. The van der Waals surface area contributed by atoms with E-state index in [-0.39, 0.29) is 24.0 Å². The fourth-order valence-corrected chi connectivity index (χ4v) is 3.12. The van der Waals surface area contributed by atoms with Gasteiger partial charge in [-0.25, -0.2) is 4.99 Å². The van der Waals surface area contributed by atoms with Crippen LogP contribution < -0.4 is 0 Å². The molecule has 2 aromatic rings. The Morgan fingerprint density at radius 3 is 2.08 bits per heavy atom. The number of aliphatic imine (C=N–C) groups is 2. The van der Waals surface area contributed by atoms with Gasteiger partial charge in [-0.2, -0.15) is 4.99 Å². The summed E-state index contributed by atoms with van der Waals surface area (Å²) in [6, 6.07) is 20.3. The zero-order valence-corrected chi connectivity index (χ0v) is 18.0. The Labute approximate surface area is 170 Å². The highest BCUT2D eigenvalue weighted by molar-refractivity contribution is 14.0. The Balaban J connectivity index is 0.00000288. The number of hydrogen-bond donors (Lipinski definition) is 0. The van der Waals surface area contributed by atoms with Crippen molar-refractivity contribution in [3.63, 3.8) is 0 Å². The van der Waals surface area contributed by atoms with Gasteiger partial charge < -0.3 is 4.90 Å². The average molecular weight is 471 g/mol. The fraction of sp³-hybridized carbons (Fsp3) is 0.222. The maximum Gasteiger partial charge on any atom is 0.190 e. The minimum Gasteiger partial charge on any atom is -0.357 e. The molecule has 0 N–H and O–H groups in total. The molecule has 0 fully saturated rings. The molecule has 0 bridgehead atoms. The van der Waals surface area contributed by atoms with Crippen LogP contribution >= 0.6 is 47.5 Å². The fourth-order valence-electron chi connectivity index (χ4n) is 1.79. The Morgan fingerprint density at radius 2 is 1.54 bits per heavy atom. The molecule has 0 aliphatic heterocycles. The number of hydrogen-bond acceptors (Lipinski definition) is 3. The van der Waals surface area contributed by atoms with Crippen LogP contribution in [0.15, 0.2) is 70.6 Å². The molecule has 0 saturated heterocycles. The van der Waals surface area contributed by atoms with Gasteiger partial charge >= 0.3 is 0 Å². The Kier molecular flexibility index (Phi) is 10.1. The van der Waals surface area contributed by atoms with Crippen molar-refractivity contribution in [2.75, 3.05) is 20.4 Å². The molecule has 6 heteroatoms. The predicted octanol–water partition coefficient (Wildman–Crippen LogP) is 5.51. The van der Waals surface area contributed by atoms with Gasteiger partial charge in [-0.1, -0.05) is 72.1 Å². The van der Waals surface area contributed by atoms with Crippen molar-refractivity contribution in [2.24, 2.45) is 9.98 Å². The van der Waals surface area contributed by atoms with E-state index in [1.165, 1.54) is 5.56 Å². The molecule has 24 heavy (non-hydrogen) atoms. The Bertz CT molecular complexity index is 658. The maximum atomic E-state index is 4.72. The lowest BCUT2D eigenvalue weighted by molar-refractivity contribution is 0.637. The van der Waals surface area contributed by atoms with Crippen LogP contribution in [0.4, 0.5) is 5.69 Å². The first-order valence-corrected chi connectivity index (χ1v) is 9.50. The molecule has 2 rings (SSSR count). The van der Waals surface area contributed by atoms with E-state index >= 15 is 0 Å². The second-order valence-corrected chi connectivity index (χ2v) is 6.71. The molecule has 2 aromatic carbocycles. The summed E-state index contributed by atoms with van der Waals surface area (Å²) in [5, 5.41) is 1.72. The van der Waals surface area contributed by atoms with Crippen molar-refractivity contribution in [3.8, 4) is 0 Å². The zero-order valence-electron chi connectivity index (χ0n) is 14.0. The smallest absolute Gasteiger partial charge is 0.190 e. The van der Waals surface area contributed by atoms with E-state index in [9.17, 15) is 0 Å². The van der Waals surface area contributed by atoms with Crippen LogP contribution in [0.25, 0.3) is 0 Å². The minimum atomic E-state index is 0. The highest BCUT2D eigenvalue weighted by Crippen LogP contribution is 2.19. The highest BCUT2D eigenvalue weighted by atomic mass is 127. The lowest BCUT2D eigenvalue weighted by Gasteiger charge is -2.15. The van der Waals surface area contributed by atoms with Crippen molar-refractivity contribution in [1.82, 2.24) is 4.90 Å². The van der Waals surface area contributed by atoms with Crippen LogP contribution in [-0.2, 0) is 5.75 Å². The summed E-state index contributed by atoms with van der Waals surface area (Å²) in [5.74, 6) is 0.894. The quantitative estimate of drug-likeness (QED) is 0.336. The molecule has 0 aromatic heterocycles. The van der Waals surface area contributed by atoms with E-state index in [1.807, 2.05) is 61.6 Å². The molecule has 128 valence electrons. The summed E-state index contributed by atoms with van der Waals surface area (Å²) in [6.07, 6.45) is 2.00. The SMILES string of the molecule is CSC(=Nc1ccccc1)/N=C(\SCc1ccccc1)N(C)C.I. The highest BCUT2D eigenvalue weighted by Gasteiger charge is 2.06. The van der Waals surface area contributed by atoms with Crippen LogP contribution in [0.2, 0.25) is 0 Å². The average Bonchev–Trinajstić information content (AvgIpc) is 2.59. The van der Waals surface area contributed by atoms with Crippen LogP contribution in [0.1, 0.15) is 5.56 Å². The van der Waals surface area contributed by atoms with E-state index < -0.39 is 0 Å². The second kappa shape index (κ2) is 11.5. The van der Waals surface area contributed by atoms with Gasteiger partial charge in [-0.05, 0) is 24.0 Å². The van der Waals surface area contributed by atoms with Crippen LogP contribution in [0, 0.1) is 0 Å². The number of amidine groups is 2. The van der Waals surface area contributed by atoms with E-state index in [1.54, 1.807) is 23.5 Å². The largest absolute Gasteiger partial charge is 0.357 e. The van der Waals surface area contributed by atoms with Gasteiger partial charge in [-0.15, -0.1) is 24.0 Å². The van der Waals surface area contributed by atoms with Crippen molar-refractivity contribution in [2.45, 2.75) is 5.75 Å². The van der Waals surface area contributed by atoms with Crippen molar-refractivity contribution < 1.29 is 0 Å². The molecule has 0 spiro atoms. The van der Waals surface area contributed by atoms with Crippen molar-refractivity contribution in [1.29, 1.82) is 0 Å². The van der Waals surface area contributed by atoms with Gasteiger partial charge in [0.15, 0.2) is 10.3 Å². The molecule has 0 aliphatic rings. The standard InChI is InChI=1S/C18H21N3S2.HI/c1-21(2)18(23-14-15-10-6-4-7-11-15)20-17(22-3)19-16-12-8-5-9-13-16;/h4-13H,14H2,1-3H3;1H/b19-17?,20-18-;. The number of halogens is 1. The van der Waals surface area contributed by atoms with Gasteiger partial charge in [0, 0.05) is 19.8 Å². The monoisotopic (exact) mass is 471 g/mol. The normalized spacial score (nSPS) is 11.8. The molecular formula is C18H22IN3S2. The lowest BCUT2D eigenvalue weighted by Crippen LogP contribution is -2.20. The summed E-state index contributed by atoms with van der Waals surface area (Å²) in [5.41, 5.74) is 2.21. The van der Waals surface area contributed by atoms with Crippen LogP contribution in [0.3, 0.4) is 0 Å². The molecule has 0 amide bonds. The third-order valence-electron chi connectivity index (χ3n) is 2.95. The first-order valence-electron chi connectivity index (χ1n) is 7.29. The number of para-hydroxylation sites is 1. The Hall–Kier alpha value is -0.990. The molecule has 3 nitrogen and oxygen atoms in total. The summed E-state index contributed by atoms with van der Waals surface area (Å²) in [6.45, 7) is 0. The number of rotatable bonds is 3. The summed E-state index contributed by atoms with van der Waals surface area (Å²) in [4.78, 5) is 11.4.